The van der Waals surface area contributed by atoms with Crippen LogP contribution in [0.5, 0.6) is 0 Å². The van der Waals surface area contributed by atoms with Gasteiger partial charge in [-0.15, -0.1) is 0 Å². The van der Waals surface area contributed by atoms with Gasteiger partial charge in [0.2, 0.25) is 0 Å². The van der Waals surface area contributed by atoms with Gasteiger partial charge in [0.05, 0.1) is 5.69 Å². The van der Waals surface area contributed by atoms with Gasteiger partial charge in [0.25, 0.3) is 5.91 Å². The van der Waals surface area contributed by atoms with Crippen LogP contribution < -0.4 is 5.32 Å². The van der Waals surface area contributed by atoms with Crippen molar-refractivity contribution >= 4 is 50.1 Å². The lowest BCUT2D eigenvalue weighted by molar-refractivity contribution is 0.0995. The van der Waals surface area contributed by atoms with E-state index in [4.69, 9.17) is 4.42 Å². The van der Waals surface area contributed by atoms with Gasteiger partial charge in [-0.3, -0.25) is 4.79 Å². The maximum Gasteiger partial charge on any atom is 0.291 e. The summed E-state index contributed by atoms with van der Waals surface area (Å²) in [5.41, 5.74) is 0.768. The van der Waals surface area contributed by atoms with Crippen LogP contribution in [0.4, 0.5) is 5.69 Å². The van der Waals surface area contributed by atoms with Crippen LogP contribution in [-0.2, 0) is 6.42 Å². The summed E-state index contributed by atoms with van der Waals surface area (Å²) in [7, 11) is 0. The Morgan fingerprint density at radius 1 is 1.39 bits per heavy atom. The molecule has 94 valence electrons. The number of hydrogen-bond acceptors (Lipinski definition) is 2. The first-order valence-corrected chi connectivity index (χ1v) is 7.32. The highest BCUT2D eigenvalue weighted by atomic mass is 127. The summed E-state index contributed by atoms with van der Waals surface area (Å²) in [6.07, 6.45) is 0.779. The van der Waals surface area contributed by atoms with E-state index in [9.17, 15) is 4.79 Å². The lowest BCUT2D eigenvalue weighted by atomic mass is 10.3. The highest BCUT2D eigenvalue weighted by Crippen LogP contribution is 2.23. The lowest BCUT2D eigenvalue weighted by Crippen LogP contribution is -2.11. The molecule has 0 radical (unpaired) electrons. The molecular formula is C13H11BrINO2. The van der Waals surface area contributed by atoms with Gasteiger partial charge in [0, 0.05) is 14.5 Å². The van der Waals surface area contributed by atoms with Crippen molar-refractivity contribution < 1.29 is 9.21 Å². The molecule has 0 aliphatic rings. The third-order valence-corrected chi connectivity index (χ3v) is 3.84. The average molecular weight is 420 g/mol. The Labute approximate surface area is 127 Å². The fourth-order valence-corrected chi connectivity index (χ4v) is 2.30. The van der Waals surface area contributed by atoms with E-state index in [2.05, 4.69) is 43.8 Å². The first kappa shape index (κ1) is 13.6. The van der Waals surface area contributed by atoms with Crippen molar-refractivity contribution in [2.24, 2.45) is 0 Å². The summed E-state index contributed by atoms with van der Waals surface area (Å²) in [6, 6.07) is 9.24. The molecule has 1 N–H and O–H groups in total. The molecule has 0 bridgehead atoms. The Morgan fingerprint density at radius 2 is 2.17 bits per heavy atom. The molecule has 0 unspecified atom stereocenters. The Hall–Kier alpha value is -0.820. The molecule has 3 nitrogen and oxygen atoms in total. The minimum Gasteiger partial charge on any atom is -0.456 e. The normalized spacial score (nSPS) is 10.4. The molecule has 0 saturated carbocycles. The number of benzene rings is 1. The number of aryl methyl sites for hydroxylation is 1. The Balaban J connectivity index is 2.18. The van der Waals surface area contributed by atoms with Gasteiger partial charge in [0.15, 0.2) is 5.76 Å². The molecule has 0 spiro atoms. The second-order valence-corrected chi connectivity index (χ2v) is 5.78. The standard InChI is InChI=1S/C13H11BrINO2/c1-2-9-4-6-12(18-9)13(17)16-11-7-8(14)3-5-10(11)15/h3-7H,2H2,1H3,(H,16,17). The van der Waals surface area contributed by atoms with E-state index < -0.39 is 0 Å². The number of nitrogens with one attached hydrogen (secondary N) is 1. The molecule has 18 heavy (non-hydrogen) atoms. The quantitative estimate of drug-likeness (QED) is 0.746. The van der Waals surface area contributed by atoms with E-state index >= 15 is 0 Å². The fourth-order valence-electron chi connectivity index (χ4n) is 1.47. The van der Waals surface area contributed by atoms with Crippen molar-refractivity contribution in [3.05, 3.63) is 49.9 Å². The van der Waals surface area contributed by atoms with Gasteiger partial charge in [-0.1, -0.05) is 22.9 Å². The van der Waals surface area contributed by atoms with E-state index in [1.165, 1.54) is 0 Å². The van der Waals surface area contributed by atoms with E-state index in [-0.39, 0.29) is 5.91 Å². The largest absolute Gasteiger partial charge is 0.456 e. The van der Waals surface area contributed by atoms with Crippen LogP contribution in [0, 0.1) is 3.57 Å². The number of anilines is 1. The number of furan rings is 1. The molecular weight excluding hydrogens is 409 g/mol. The Kier molecular flexibility index (Phi) is 4.45. The van der Waals surface area contributed by atoms with Crippen LogP contribution in [0.2, 0.25) is 0 Å². The summed E-state index contributed by atoms with van der Waals surface area (Å²) in [4.78, 5) is 12.0. The van der Waals surface area contributed by atoms with Crippen molar-refractivity contribution in [1.29, 1.82) is 0 Å². The van der Waals surface area contributed by atoms with Crippen molar-refractivity contribution in [2.75, 3.05) is 5.32 Å². The smallest absolute Gasteiger partial charge is 0.291 e. The summed E-state index contributed by atoms with van der Waals surface area (Å²) in [6.45, 7) is 1.98. The molecule has 0 fully saturated rings. The maximum atomic E-state index is 12.0. The third-order valence-electron chi connectivity index (χ3n) is 2.41. The maximum absolute atomic E-state index is 12.0. The van der Waals surface area contributed by atoms with Crippen molar-refractivity contribution in [1.82, 2.24) is 0 Å². The summed E-state index contributed by atoms with van der Waals surface area (Å²) >= 11 is 5.56. The van der Waals surface area contributed by atoms with Crippen LogP contribution in [0.3, 0.4) is 0 Å². The first-order valence-electron chi connectivity index (χ1n) is 5.45. The molecule has 0 aliphatic heterocycles. The number of hydrogen-bond donors (Lipinski definition) is 1. The van der Waals surface area contributed by atoms with E-state index in [1.54, 1.807) is 6.07 Å². The van der Waals surface area contributed by atoms with E-state index in [0.717, 1.165) is 25.9 Å². The summed E-state index contributed by atoms with van der Waals surface area (Å²) in [5, 5.41) is 2.83. The van der Waals surface area contributed by atoms with Gasteiger partial charge in [-0.05, 0) is 52.9 Å². The number of amides is 1. The zero-order chi connectivity index (χ0) is 13.1. The van der Waals surface area contributed by atoms with Gasteiger partial charge in [0.1, 0.15) is 5.76 Å². The second-order valence-electron chi connectivity index (χ2n) is 3.70. The van der Waals surface area contributed by atoms with Crippen LogP contribution in [0.1, 0.15) is 23.2 Å². The van der Waals surface area contributed by atoms with E-state index in [1.807, 2.05) is 31.2 Å². The second kappa shape index (κ2) is 5.88. The van der Waals surface area contributed by atoms with Crippen LogP contribution in [0.15, 0.2) is 39.2 Å². The molecule has 1 aromatic heterocycles. The topological polar surface area (TPSA) is 42.2 Å². The highest BCUT2D eigenvalue weighted by Gasteiger charge is 2.12. The molecule has 0 saturated heterocycles. The SMILES string of the molecule is CCc1ccc(C(=O)Nc2cc(Br)ccc2I)o1. The van der Waals surface area contributed by atoms with E-state index in [0.29, 0.717) is 5.76 Å². The zero-order valence-electron chi connectivity index (χ0n) is 9.67. The minimum absolute atomic E-state index is 0.231. The monoisotopic (exact) mass is 419 g/mol. The van der Waals surface area contributed by atoms with Crippen LogP contribution in [-0.4, -0.2) is 5.91 Å². The number of rotatable bonds is 3. The number of halogens is 2. The summed E-state index contributed by atoms with van der Waals surface area (Å²) in [5.74, 6) is 0.914. The molecule has 0 atom stereocenters. The lowest BCUT2D eigenvalue weighted by Gasteiger charge is -2.06. The van der Waals surface area contributed by atoms with Crippen LogP contribution in [0.25, 0.3) is 0 Å². The summed E-state index contributed by atoms with van der Waals surface area (Å²) < 4.78 is 7.31. The van der Waals surface area contributed by atoms with Gasteiger partial charge in [-0.25, -0.2) is 0 Å². The molecule has 2 rings (SSSR count). The average Bonchev–Trinajstić information content (AvgIpc) is 2.82. The van der Waals surface area contributed by atoms with Gasteiger partial charge >= 0.3 is 0 Å². The Morgan fingerprint density at radius 3 is 2.83 bits per heavy atom. The zero-order valence-corrected chi connectivity index (χ0v) is 13.4. The predicted octanol–water partition coefficient (Wildman–Crippen LogP) is 4.46. The van der Waals surface area contributed by atoms with Crippen molar-refractivity contribution in [2.45, 2.75) is 13.3 Å². The molecule has 0 aliphatic carbocycles. The minimum atomic E-state index is -0.231. The van der Waals surface area contributed by atoms with Gasteiger partial charge < -0.3 is 9.73 Å². The predicted molar refractivity (Wildman–Crippen MR) is 82.9 cm³/mol. The van der Waals surface area contributed by atoms with Crippen molar-refractivity contribution in [3.63, 3.8) is 0 Å². The highest BCUT2D eigenvalue weighted by molar-refractivity contribution is 14.1. The molecule has 2 aromatic rings. The van der Waals surface area contributed by atoms with Crippen molar-refractivity contribution in [3.8, 4) is 0 Å². The molecule has 5 heteroatoms. The fraction of sp³-hybridized carbons (Fsp3) is 0.154. The number of carbonyl (C=O) groups is 1. The van der Waals surface area contributed by atoms with Gasteiger partial charge in [-0.2, -0.15) is 0 Å². The van der Waals surface area contributed by atoms with Crippen LogP contribution >= 0.6 is 38.5 Å². The molecule has 1 aromatic carbocycles. The molecule has 1 heterocycles. The third kappa shape index (κ3) is 3.14. The molecule has 1 amide bonds. The first-order chi connectivity index (χ1) is 8.60. The number of carbonyl (C=O) groups excluding carboxylic acids is 1. The Bertz CT molecular complexity index is 580.